The van der Waals surface area contributed by atoms with Gasteiger partial charge in [0, 0.05) is 18.9 Å². The fourth-order valence-electron chi connectivity index (χ4n) is 3.87. The van der Waals surface area contributed by atoms with Crippen LogP contribution in [0.2, 0.25) is 0 Å². The van der Waals surface area contributed by atoms with Crippen LogP contribution in [0.5, 0.6) is 0 Å². The normalized spacial score (nSPS) is 15.5. The Balaban J connectivity index is 1.92. The molecule has 9 nitrogen and oxygen atoms in total. The molecule has 0 spiro atoms. The summed E-state index contributed by atoms with van der Waals surface area (Å²) in [4.78, 5) is 49.4. The lowest BCUT2D eigenvalue weighted by molar-refractivity contribution is -0.140. The maximum absolute atomic E-state index is 13.2. The van der Waals surface area contributed by atoms with Gasteiger partial charge in [-0.3, -0.25) is 19.2 Å². The van der Waals surface area contributed by atoms with Crippen molar-refractivity contribution in [1.29, 1.82) is 0 Å². The molecule has 3 amide bonds. The number of hydrogen-bond acceptors (Lipinski definition) is 6. The van der Waals surface area contributed by atoms with Crippen LogP contribution >= 0.6 is 0 Å². The summed E-state index contributed by atoms with van der Waals surface area (Å²) in [6.07, 6.45) is 4.26. The first-order chi connectivity index (χ1) is 17.2. The molecule has 2 unspecified atom stereocenters. The molecular formula is C27H41N3O6. The van der Waals surface area contributed by atoms with Gasteiger partial charge in [-0.1, -0.05) is 57.0 Å². The van der Waals surface area contributed by atoms with E-state index in [-0.39, 0.29) is 36.7 Å². The molecule has 0 heterocycles. The summed E-state index contributed by atoms with van der Waals surface area (Å²) in [6.45, 7) is 3.67. The molecule has 1 aliphatic carbocycles. The number of aliphatic hydroxyl groups is 1. The Hall–Kier alpha value is -2.94. The molecule has 1 aliphatic rings. The van der Waals surface area contributed by atoms with Crippen LogP contribution in [-0.4, -0.2) is 60.1 Å². The molecule has 0 aliphatic heterocycles. The molecule has 0 aromatic heterocycles. The smallest absolute Gasteiger partial charge is 0.305 e. The summed E-state index contributed by atoms with van der Waals surface area (Å²) in [6, 6.07) is 7.78. The molecule has 0 radical (unpaired) electrons. The van der Waals surface area contributed by atoms with Crippen LogP contribution in [0, 0.1) is 5.92 Å². The van der Waals surface area contributed by atoms with Crippen molar-refractivity contribution in [3.63, 3.8) is 0 Å². The summed E-state index contributed by atoms with van der Waals surface area (Å²) >= 11 is 0. The monoisotopic (exact) mass is 503 g/mol. The number of amides is 3. The third kappa shape index (κ3) is 10.8. The summed E-state index contributed by atoms with van der Waals surface area (Å²) < 4.78 is 4.61. The van der Waals surface area contributed by atoms with Crippen LogP contribution in [0.15, 0.2) is 30.3 Å². The maximum atomic E-state index is 13.2. The Morgan fingerprint density at radius 2 is 1.58 bits per heavy atom. The van der Waals surface area contributed by atoms with Gasteiger partial charge in [-0.2, -0.15) is 0 Å². The molecule has 1 saturated carbocycles. The van der Waals surface area contributed by atoms with Gasteiger partial charge in [-0.05, 0) is 43.6 Å². The average molecular weight is 504 g/mol. The minimum Gasteiger partial charge on any atom is -0.469 e. The van der Waals surface area contributed by atoms with Gasteiger partial charge < -0.3 is 25.8 Å². The molecule has 2 rings (SSSR count). The molecule has 1 fully saturated rings. The highest BCUT2D eigenvalue weighted by Crippen LogP contribution is 2.19. The summed E-state index contributed by atoms with van der Waals surface area (Å²) in [7, 11) is 1.36. The fraction of sp³-hybridized carbons (Fsp3) is 0.630. The third-order valence-corrected chi connectivity index (χ3v) is 6.23. The molecular weight excluding hydrogens is 462 g/mol. The molecule has 9 heteroatoms. The van der Waals surface area contributed by atoms with Crippen LogP contribution in [0.3, 0.4) is 0 Å². The topological polar surface area (TPSA) is 134 Å². The van der Waals surface area contributed by atoms with Gasteiger partial charge in [0.05, 0.1) is 13.2 Å². The predicted octanol–water partition coefficient (Wildman–Crippen LogP) is 2.01. The molecule has 0 saturated heterocycles. The molecule has 200 valence electrons. The second-order valence-electron chi connectivity index (χ2n) is 9.81. The number of ether oxygens (including phenoxy) is 1. The molecule has 4 N–H and O–H groups in total. The quantitative estimate of drug-likeness (QED) is 0.201. The van der Waals surface area contributed by atoms with E-state index >= 15 is 0 Å². The average Bonchev–Trinajstić information content (AvgIpc) is 3.67. The minimum atomic E-state index is -1.41. The lowest BCUT2D eigenvalue weighted by Gasteiger charge is -2.28. The summed E-state index contributed by atoms with van der Waals surface area (Å²) in [5, 5.41) is 19.2. The van der Waals surface area contributed by atoms with Crippen molar-refractivity contribution in [3.8, 4) is 0 Å². The number of carbonyl (C=O) groups is 4. The lowest BCUT2D eigenvalue weighted by atomic mass is 9.98. The second-order valence-corrected chi connectivity index (χ2v) is 9.81. The number of benzene rings is 1. The standard InChI is InChI=1S/C27H41N3O6/c1-18(2)24(30-22(31)13-9-4-5-10-14-23(32)36-3)26(34)29-21(17-19-11-7-6-8-12-19)25(33)27(35)28-20-15-16-20/h6-8,11-12,18,20-21,24-25,33H,4-5,9-10,13-17H2,1-3H3,(H,28,35)(H,29,34)(H,30,31)/t21?,24-,25?/m0/s1. The molecule has 3 atom stereocenters. The Morgan fingerprint density at radius 1 is 0.944 bits per heavy atom. The van der Waals surface area contributed by atoms with Crippen molar-refractivity contribution in [2.45, 2.75) is 95.9 Å². The second kappa shape index (κ2) is 15.2. The molecule has 0 bridgehead atoms. The van der Waals surface area contributed by atoms with E-state index in [9.17, 15) is 24.3 Å². The van der Waals surface area contributed by atoms with Gasteiger partial charge in [-0.15, -0.1) is 0 Å². The first-order valence-electron chi connectivity index (χ1n) is 12.9. The zero-order valence-corrected chi connectivity index (χ0v) is 21.6. The third-order valence-electron chi connectivity index (χ3n) is 6.23. The minimum absolute atomic E-state index is 0.0865. The highest BCUT2D eigenvalue weighted by Gasteiger charge is 2.34. The van der Waals surface area contributed by atoms with E-state index in [2.05, 4.69) is 20.7 Å². The van der Waals surface area contributed by atoms with E-state index in [4.69, 9.17) is 0 Å². The molecule has 1 aromatic carbocycles. The van der Waals surface area contributed by atoms with E-state index in [1.807, 2.05) is 44.2 Å². The number of methoxy groups -OCH3 is 1. The van der Waals surface area contributed by atoms with Gasteiger partial charge in [0.25, 0.3) is 5.91 Å². The Morgan fingerprint density at radius 3 is 2.17 bits per heavy atom. The number of aliphatic hydroxyl groups excluding tert-OH is 1. The first kappa shape index (κ1) is 29.3. The number of nitrogens with one attached hydrogen (secondary N) is 3. The highest BCUT2D eigenvalue weighted by atomic mass is 16.5. The van der Waals surface area contributed by atoms with Gasteiger partial charge in [0.1, 0.15) is 6.04 Å². The van der Waals surface area contributed by atoms with E-state index < -0.39 is 30.0 Å². The Labute approximate surface area is 213 Å². The van der Waals surface area contributed by atoms with Crippen molar-refractivity contribution in [2.24, 2.45) is 5.92 Å². The number of rotatable bonds is 16. The Bertz CT molecular complexity index is 856. The zero-order valence-electron chi connectivity index (χ0n) is 21.6. The van der Waals surface area contributed by atoms with Gasteiger partial charge in [0.15, 0.2) is 6.10 Å². The highest BCUT2D eigenvalue weighted by molar-refractivity contribution is 5.89. The van der Waals surface area contributed by atoms with E-state index in [0.717, 1.165) is 31.2 Å². The van der Waals surface area contributed by atoms with Crippen LogP contribution in [0.1, 0.15) is 70.8 Å². The Kier molecular flexibility index (Phi) is 12.4. The van der Waals surface area contributed by atoms with E-state index in [0.29, 0.717) is 19.3 Å². The van der Waals surface area contributed by atoms with Crippen LogP contribution < -0.4 is 16.0 Å². The van der Waals surface area contributed by atoms with E-state index in [1.165, 1.54) is 7.11 Å². The van der Waals surface area contributed by atoms with Crippen LogP contribution in [0.4, 0.5) is 0 Å². The SMILES string of the molecule is COC(=O)CCCCCCC(=O)N[C@H](C(=O)NC(Cc1ccccc1)C(O)C(=O)NC1CC1)C(C)C. The number of carbonyl (C=O) groups excluding carboxylic acids is 4. The van der Waals surface area contributed by atoms with Gasteiger partial charge >= 0.3 is 5.97 Å². The fourth-order valence-corrected chi connectivity index (χ4v) is 3.87. The zero-order chi connectivity index (χ0) is 26.5. The largest absolute Gasteiger partial charge is 0.469 e. The summed E-state index contributed by atoms with van der Waals surface area (Å²) in [5.74, 6) is -1.60. The first-order valence-corrected chi connectivity index (χ1v) is 12.9. The lowest BCUT2D eigenvalue weighted by Crippen LogP contribution is -2.57. The number of unbranched alkanes of at least 4 members (excludes halogenated alkanes) is 3. The molecule has 1 aromatic rings. The van der Waals surface area contributed by atoms with Crippen molar-refractivity contribution in [1.82, 2.24) is 16.0 Å². The van der Waals surface area contributed by atoms with E-state index in [1.54, 1.807) is 0 Å². The van der Waals surface area contributed by atoms with Crippen molar-refractivity contribution >= 4 is 23.7 Å². The van der Waals surface area contributed by atoms with Gasteiger partial charge in [-0.25, -0.2) is 0 Å². The van der Waals surface area contributed by atoms with Crippen LogP contribution in [-0.2, 0) is 30.3 Å². The molecule has 36 heavy (non-hydrogen) atoms. The number of esters is 1. The van der Waals surface area contributed by atoms with Crippen molar-refractivity contribution in [2.75, 3.05) is 7.11 Å². The van der Waals surface area contributed by atoms with Gasteiger partial charge in [0.2, 0.25) is 11.8 Å². The van der Waals surface area contributed by atoms with Crippen molar-refractivity contribution < 1.29 is 29.0 Å². The predicted molar refractivity (Wildman–Crippen MR) is 136 cm³/mol. The number of hydrogen-bond donors (Lipinski definition) is 4. The van der Waals surface area contributed by atoms with Crippen molar-refractivity contribution in [3.05, 3.63) is 35.9 Å². The summed E-state index contributed by atoms with van der Waals surface area (Å²) in [5.41, 5.74) is 0.874. The maximum Gasteiger partial charge on any atom is 0.305 e. The van der Waals surface area contributed by atoms with Crippen LogP contribution in [0.25, 0.3) is 0 Å².